The van der Waals surface area contributed by atoms with Crippen molar-refractivity contribution in [3.8, 4) is 21.4 Å². The summed E-state index contributed by atoms with van der Waals surface area (Å²) >= 11 is 4.41. The number of carbonyl (C=O) groups excluding carboxylic acids is 1. The number of esters is 1. The molecule has 148 valence electrons. The number of carbonyl (C=O) groups is 1. The van der Waals surface area contributed by atoms with Crippen molar-refractivity contribution in [1.29, 1.82) is 0 Å². The highest BCUT2D eigenvalue weighted by Crippen LogP contribution is 2.32. The van der Waals surface area contributed by atoms with Crippen molar-refractivity contribution >= 4 is 40.0 Å². The van der Waals surface area contributed by atoms with Gasteiger partial charge in [-0.1, -0.05) is 30.3 Å². The average Bonchev–Trinajstić information content (AvgIpc) is 3.48. The highest BCUT2D eigenvalue weighted by Gasteiger charge is 2.17. The molecule has 2 N–H and O–H groups in total. The normalized spacial score (nSPS) is 12.1. The largest absolute Gasteiger partial charge is 0.461 e. The summed E-state index contributed by atoms with van der Waals surface area (Å²) in [5.74, 6) is -0.415. The van der Waals surface area contributed by atoms with Crippen molar-refractivity contribution in [1.82, 2.24) is 15.0 Å². The zero-order chi connectivity index (χ0) is 20.2. The molecule has 0 saturated heterocycles. The number of nitrogens with zero attached hydrogens (tertiary/aromatic N) is 3. The van der Waals surface area contributed by atoms with Crippen LogP contribution in [0.2, 0.25) is 0 Å². The predicted molar refractivity (Wildman–Crippen MR) is 117 cm³/mol. The third-order valence-corrected chi connectivity index (χ3v) is 6.77. The number of ether oxygens (including phenoxy) is 1. The van der Waals surface area contributed by atoms with Crippen molar-refractivity contribution < 1.29 is 9.53 Å². The molecule has 0 aliphatic rings. The summed E-state index contributed by atoms with van der Waals surface area (Å²) in [6, 6.07) is 10.0. The minimum atomic E-state index is -0.415. The van der Waals surface area contributed by atoms with Gasteiger partial charge in [0.15, 0.2) is 5.69 Å². The molecule has 0 spiro atoms. The maximum atomic E-state index is 11.8. The summed E-state index contributed by atoms with van der Waals surface area (Å²) in [4.78, 5) is 25.5. The van der Waals surface area contributed by atoms with Crippen molar-refractivity contribution in [2.45, 2.75) is 19.4 Å². The maximum absolute atomic E-state index is 11.8. The average molecular weight is 443 g/mol. The number of aromatic nitrogens is 3. The van der Waals surface area contributed by atoms with E-state index in [0.29, 0.717) is 17.3 Å². The molecule has 3 aromatic heterocycles. The third-order valence-electron chi connectivity index (χ3n) is 4.07. The lowest BCUT2D eigenvalue weighted by molar-refractivity contribution is 0.0520. The van der Waals surface area contributed by atoms with Crippen LogP contribution in [-0.2, 0) is 11.2 Å². The molecule has 3 heterocycles. The summed E-state index contributed by atoms with van der Waals surface area (Å²) < 4.78 is 4.99. The van der Waals surface area contributed by atoms with Gasteiger partial charge >= 0.3 is 5.97 Å². The van der Waals surface area contributed by atoms with Crippen LogP contribution in [0, 0.1) is 0 Å². The number of rotatable bonds is 7. The van der Waals surface area contributed by atoms with E-state index in [-0.39, 0.29) is 6.04 Å². The summed E-state index contributed by atoms with van der Waals surface area (Å²) in [5.41, 5.74) is 9.39. The van der Waals surface area contributed by atoms with Crippen LogP contribution in [-0.4, -0.2) is 27.5 Å². The number of thiazole rings is 3. The van der Waals surface area contributed by atoms with Gasteiger partial charge in [0.05, 0.1) is 12.6 Å². The molecule has 29 heavy (non-hydrogen) atoms. The van der Waals surface area contributed by atoms with E-state index in [1.807, 2.05) is 29.0 Å². The first kappa shape index (κ1) is 19.8. The minimum Gasteiger partial charge on any atom is -0.461 e. The number of hydrogen-bond acceptors (Lipinski definition) is 9. The molecule has 0 saturated carbocycles. The Morgan fingerprint density at radius 3 is 2.48 bits per heavy atom. The van der Waals surface area contributed by atoms with Crippen LogP contribution < -0.4 is 5.73 Å². The van der Waals surface area contributed by atoms with Crippen molar-refractivity contribution in [2.24, 2.45) is 5.73 Å². The Kier molecular flexibility index (Phi) is 6.10. The second-order valence-electron chi connectivity index (χ2n) is 6.16. The van der Waals surface area contributed by atoms with Gasteiger partial charge in [0, 0.05) is 16.1 Å². The minimum absolute atomic E-state index is 0.151. The molecule has 1 aromatic carbocycles. The Morgan fingerprint density at radius 1 is 1.00 bits per heavy atom. The molecule has 1 atom stereocenters. The zero-order valence-corrected chi connectivity index (χ0v) is 18.0. The first-order chi connectivity index (χ1) is 14.1. The lowest BCUT2D eigenvalue weighted by atomic mass is 10.1. The lowest BCUT2D eigenvalue weighted by Crippen LogP contribution is -2.12. The maximum Gasteiger partial charge on any atom is 0.357 e. The van der Waals surface area contributed by atoms with Crippen LogP contribution >= 0.6 is 34.0 Å². The molecule has 6 nitrogen and oxygen atoms in total. The Labute approximate surface area is 180 Å². The first-order valence-corrected chi connectivity index (χ1v) is 11.6. The Balaban J connectivity index is 1.48. The standard InChI is InChI=1S/C20H18N4O2S3/c1-2-26-20(25)16-11-29-19(24-16)15-10-28-18(23-15)14-9-27-17(22-14)13(21)8-12-6-4-3-5-7-12/h3-7,9-11,13H,2,8,21H2,1H3/t13-/m1/s1. The number of hydrogen-bond donors (Lipinski definition) is 1. The summed E-state index contributed by atoms with van der Waals surface area (Å²) in [7, 11) is 0. The van der Waals surface area contributed by atoms with Gasteiger partial charge in [-0.2, -0.15) is 0 Å². The van der Waals surface area contributed by atoms with E-state index in [1.54, 1.807) is 23.6 Å². The highest BCUT2D eigenvalue weighted by molar-refractivity contribution is 7.16. The van der Waals surface area contributed by atoms with Crippen LogP contribution in [0.5, 0.6) is 0 Å². The van der Waals surface area contributed by atoms with Crippen molar-refractivity contribution in [2.75, 3.05) is 6.61 Å². The van der Waals surface area contributed by atoms with Gasteiger partial charge in [0.1, 0.15) is 26.4 Å². The van der Waals surface area contributed by atoms with E-state index in [0.717, 1.165) is 27.8 Å². The van der Waals surface area contributed by atoms with Crippen molar-refractivity contribution in [3.63, 3.8) is 0 Å². The fourth-order valence-electron chi connectivity index (χ4n) is 2.69. The van der Waals surface area contributed by atoms with Crippen LogP contribution in [0.15, 0.2) is 46.5 Å². The van der Waals surface area contributed by atoms with E-state index < -0.39 is 5.97 Å². The Morgan fingerprint density at radius 2 is 1.69 bits per heavy atom. The molecular formula is C20H18N4O2S3. The van der Waals surface area contributed by atoms with Gasteiger partial charge in [0.2, 0.25) is 0 Å². The fraction of sp³-hybridized carbons (Fsp3) is 0.200. The Hall–Kier alpha value is -2.46. The third kappa shape index (κ3) is 4.59. The van der Waals surface area contributed by atoms with Crippen LogP contribution in [0.4, 0.5) is 0 Å². The van der Waals surface area contributed by atoms with E-state index >= 15 is 0 Å². The van der Waals surface area contributed by atoms with E-state index in [1.165, 1.54) is 28.2 Å². The Bertz CT molecular complexity index is 1100. The zero-order valence-electron chi connectivity index (χ0n) is 15.6. The lowest BCUT2D eigenvalue weighted by Gasteiger charge is -2.07. The van der Waals surface area contributed by atoms with Gasteiger partial charge in [-0.25, -0.2) is 19.7 Å². The number of nitrogens with two attached hydrogens (primary N) is 1. The number of benzene rings is 1. The molecular weight excluding hydrogens is 424 g/mol. The molecule has 4 rings (SSSR count). The molecule has 4 aromatic rings. The monoisotopic (exact) mass is 442 g/mol. The quantitative estimate of drug-likeness (QED) is 0.413. The van der Waals surface area contributed by atoms with Crippen LogP contribution in [0.1, 0.15) is 34.0 Å². The van der Waals surface area contributed by atoms with Gasteiger partial charge in [-0.15, -0.1) is 34.0 Å². The SMILES string of the molecule is CCOC(=O)c1csc(-c2csc(-c3csc([C@H](N)Cc4ccccc4)n3)n2)n1. The second kappa shape index (κ2) is 8.91. The predicted octanol–water partition coefficient (Wildman–Crippen LogP) is 4.81. The highest BCUT2D eigenvalue weighted by atomic mass is 32.1. The molecule has 0 bridgehead atoms. The smallest absolute Gasteiger partial charge is 0.357 e. The summed E-state index contributed by atoms with van der Waals surface area (Å²) in [5, 5.41) is 7.98. The molecule has 0 aliphatic carbocycles. The molecule has 0 aliphatic heterocycles. The van der Waals surface area contributed by atoms with E-state index in [9.17, 15) is 4.79 Å². The van der Waals surface area contributed by atoms with E-state index in [2.05, 4.69) is 22.1 Å². The molecule has 0 amide bonds. The van der Waals surface area contributed by atoms with Crippen molar-refractivity contribution in [3.05, 3.63) is 62.7 Å². The molecule has 9 heteroatoms. The van der Waals surface area contributed by atoms with Gasteiger partial charge in [-0.05, 0) is 18.9 Å². The van der Waals surface area contributed by atoms with Crippen LogP contribution in [0.25, 0.3) is 21.4 Å². The summed E-state index contributed by atoms with van der Waals surface area (Å²) in [6.07, 6.45) is 0.743. The van der Waals surface area contributed by atoms with Crippen LogP contribution in [0.3, 0.4) is 0 Å². The molecule has 0 fully saturated rings. The first-order valence-electron chi connectivity index (χ1n) is 8.98. The summed E-state index contributed by atoms with van der Waals surface area (Å²) in [6.45, 7) is 2.09. The molecule has 0 radical (unpaired) electrons. The molecule has 0 unspecified atom stereocenters. The van der Waals surface area contributed by atoms with E-state index in [4.69, 9.17) is 15.5 Å². The second-order valence-corrected chi connectivity index (χ2v) is 8.77. The topological polar surface area (TPSA) is 91.0 Å². The van der Waals surface area contributed by atoms with Gasteiger partial charge < -0.3 is 10.5 Å². The fourth-order valence-corrected chi connectivity index (χ4v) is 5.16. The van der Waals surface area contributed by atoms with Gasteiger partial charge in [0.25, 0.3) is 0 Å². The van der Waals surface area contributed by atoms with Gasteiger partial charge in [-0.3, -0.25) is 0 Å².